The summed E-state index contributed by atoms with van der Waals surface area (Å²) in [5.41, 5.74) is 6.94. The molecule has 0 N–H and O–H groups in total. The van der Waals surface area contributed by atoms with E-state index in [9.17, 15) is 0 Å². The van der Waals surface area contributed by atoms with E-state index < -0.39 is 7.26 Å². The molecule has 0 aliphatic heterocycles. The molecule has 0 unspecified atom stereocenters. The van der Waals surface area contributed by atoms with Crippen LogP contribution in [0.5, 0.6) is 0 Å². The molecule has 0 nitrogen and oxygen atoms in total. The van der Waals surface area contributed by atoms with Gasteiger partial charge in [0.25, 0.3) is 0 Å². The molecule has 0 spiro atoms. The van der Waals surface area contributed by atoms with Crippen molar-refractivity contribution in [2.75, 3.05) is 0 Å². The van der Waals surface area contributed by atoms with Crippen LogP contribution >= 0.6 is 18.9 Å². The molecule has 25 heavy (non-hydrogen) atoms. The van der Waals surface area contributed by atoms with E-state index in [4.69, 9.17) is 11.6 Å². The van der Waals surface area contributed by atoms with Crippen LogP contribution in [0.4, 0.5) is 0 Å². The van der Waals surface area contributed by atoms with Gasteiger partial charge in [0.2, 0.25) is 0 Å². The molecule has 0 radical (unpaired) electrons. The van der Waals surface area contributed by atoms with Crippen molar-refractivity contribution in [1.29, 1.82) is 0 Å². The summed E-state index contributed by atoms with van der Waals surface area (Å²) in [4.78, 5) is 0. The lowest BCUT2D eigenvalue weighted by atomic mass is 9.96. The predicted molar refractivity (Wildman–Crippen MR) is 116 cm³/mol. The van der Waals surface area contributed by atoms with Crippen LogP contribution in [0.25, 0.3) is 0 Å². The van der Waals surface area contributed by atoms with Crippen LogP contribution in [0.1, 0.15) is 102 Å². The molecule has 2 aliphatic carbocycles. The molecule has 2 aliphatic rings. The summed E-state index contributed by atoms with van der Waals surface area (Å²) < 4.78 is 0. The first-order valence-electron chi connectivity index (χ1n) is 10.5. The molecule has 2 fully saturated rings. The van der Waals surface area contributed by atoms with Crippen LogP contribution in [0.2, 0.25) is 0 Å². The maximum atomic E-state index is 6.81. The Morgan fingerprint density at radius 2 is 1.20 bits per heavy atom. The summed E-state index contributed by atoms with van der Waals surface area (Å²) in [7, 11) is -1.42. The molecule has 2 heteroatoms. The third-order valence-electron chi connectivity index (χ3n) is 6.76. The van der Waals surface area contributed by atoms with Crippen molar-refractivity contribution in [2.45, 2.75) is 102 Å². The van der Waals surface area contributed by atoms with E-state index >= 15 is 0 Å². The highest BCUT2D eigenvalue weighted by atomic mass is 35.5. The zero-order chi connectivity index (χ0) is 18.0. The average molecular weight is 379 g/mol. The van der Waals surface area contributed by atoms with Crippen molar-refractivity contribution < 1.29 is 0 Å². The fraction of sp³-hybridized carbons (Fsp3) is 0.696. The van der Waals surface area contributed by atoms with Gasteiger partial charge in [0.1, 0.15) is 0 Å². The summed E-state index contributed by atoms with van der Waals surface area (Å²) in [6, 6.07) is 7.56. The summed E-state index contributed by atoms with van der Waals surface area (Å²) >= 11 is 6.81. The molecule has 2 saturated carbocycles. The van der Waals surface area contributed by atoms with Crippen LogP contribution in [-0.2, 0) is 0 Å². The van der Waals surface area contributed by atoms with Gasteiger partial charge in [-0.2, -0.15) is 0 Å². The topological polar surface area (TPSA) is 0 Å². The number of halogens is 1. The van der Waals surface area contributed by atoms with Crippen molar-refractivity contribution in [3.63, 3.8) is 0 Å². The Kier molecular flexibility index (Phi) is 6.55. The van der Waals surface area contributed by atoms with Crippen LogP contribution < -0.4 is 5.30 Å². The first kappa shape index (κ1) is 19.7. The minimum absolute atomic E-state index is 0.585. The maximum absolute atomic E-state index is 6.81. The minimum atomic E-state index is -1.42. The second kappa shape index (κ2) is 8.31. The Morgan fingerprint density at radius 1 is 0.800 bits per heavy atom. The van der Waals surface area contributed by atoms with Crippen molar-refractivity contribution in [2.24, 2.45) is 0 Å². The largest absolute Gasteiger partial charge is 0.304 e. The number of benzene rings is 1. The molecule has 0 atom stereocenters. The zero-order valence-corrected chi connectivity index (χ0v) is 18.3. The second-order valence-corrected chi connectivity index (χ2v) is 13.4. The van der Waals surface area contributed by atoms with Gasteiger partial charge in [-0.25, -0.2) is 0 Å². The molecule has 3 rings (SSSR count). The Hall–Kier alpha value is -0.0600. The number of rotatable bonds is 6. The van der Waals surface area contributed by atoms with E-state index in [1.807, 2.05) is 0 Å². The summed E-state index contributed by atoms with van der Waals surface area (Å²) in [5, 5.41) is 1.64. The van der Waals surface area contributed by atoms with Gasteiger partial charge in [0.15, 0.2) is 0 Å². The fourth-order valence-electron chi connectivity index (χ4n) is 5.15. The lowest BCUT2D eigenvalue weighted by Crippen LogP contribution is -2.29. The molecule has 1 aromatic rings. The highest BCUT2D eigenvalue weighted by Gasteiger charge is 2.48. The number of hydrogen-bond acceptors (Lipinski definition) is 0. The van der Waals surface area contributed by atoms with Gasteiger partial charge in [-0.3, -0.25) is 0 Å². The van der Waals surface area contributed by atoms with Gasteiger partial charge in [-0.1, -0.05) is 46.6 Å². The van der Waals surface area contributed by atoms with Gasteiger partial charge >= 0.3 is 0 Å². The van der Waals surface area contributed by atoms with Crippen molar-refractivity contribution >= 4 is 24.2 Å². The fourth-order valence-corrected chi connectivity index (χ4v) is 11.5. The van der Waals surface area contributed by atoms with E-state index in [0.29, 0.717) is 11.8 Å². The van der Waals surface area contributed by atoms with Crippen molar-refractivity contribution in [1.82, 2.24) is 0 Å². The summed E-state index contributed by atoms with van der Waals surface area (Å²) in [5.74, 6) is 1.17. The molecular weight excluding hydrogens is 343 g/mol. The molecule has 1 aromatic carbocycles. The van der Waals surface area contributed by atoms with Crippen molar-refractivity contribution in [3.8, 4) is 0 Å². The summed E-state index contributed by atoms with van der Waals surface area (Å²) in [6.45, 7) is 9.33. The third kappa shape index (κ3) is 3.82. The quantitative estimate of drug-likeness (QED) is 0.349. The van der Waals surface area contributed by atoms with Gasteiger partial charge in [0, 0.05) is 11.3 Å². The average Bonchev–Trinajstić information content (AvgIpc) is 3.30. The lowest BCUT2D eigenvalue weighted by molar-refractivity contribution is 0.819. The zero-order valence-electron chi connectivity index (χ0n) is 16.6. The van der Waals surface area contributed by atoms with E-state index in [-0.39, 0.29) is 0 Å². The monoisotopic (exact) mass is 378 g/mol. The third-order valence-corrected chi connectivity index (χ3v) is 12.7. The molecule has 0 bridgehead atoms. The normalized spacial score (nSPS) is 20.3. The molecule has 0 heterocycles. The standard InChI is InChI=1S/C23H36ClP/c1-17(2)19-13-20(18(3)4)15-23(14-19)25(16-24,21-9-5-6-10-21)22-11-7-8-12-22/h13-18,21-22H,5-12H2,1-4H3. The smallest absolute Gasteiger partial charge is 0.0670 e. The van der Waals surface area contributed by atoms with E-state index in [1.54, 1.807) is 5.30 Å². The Bertz CT molecular complexity index is 523. The van der Waals surface area contributed by atoms with E-state index in [0.717, 1.165) is 11.3 Å². The highest BCUT2D eigenvalue weighted by Crippen LogP contribution is 2.75. The van der Waals surface area contributed by atoms with Crippen LogP contribution in [0.3, 0.4) is 0 Å². The number of hydrogen-bond donors (Lipinski definition) is 0. The molecule has 140 valence electrons. The molecule has 0 saturated heterocycles. The Morgan fingerprint density at radius 3 is 1.52 bits per heavy atom. The van der Waals surface area contributed by atoms with Crippen molar-refractivity contribution in [3.05, 3.63) is 34.9 Å². The van der Waals surface area contributed by atoms with Crippen LogP contribution in [0, 0.1) is 5.62 Å². The highest BCUT2D eigenvalue weighted by molar-refractivity contribution is 7.87. The van der Waals surface area contributed by atoms with Crippen LogP contribution in [0.15, 0.2) is 18.2 Å². The van der Waals surface area contributed by atoms with E-state index in [2.05, 4.69) is 51.5 Å². The first-order chi connectivity index (χ1) is 12.0. The summed E-state index contributed by atoms with van der Waals surface area (Å²) in [6.07, 6.45) is 11.2. The van der Waals surface area contributed by atoms with Crippen LogP contribution in [-0.4, -0.2) is 11.3 Å². The second-order valence-electron chi connectivity index (χ2n) is 8.98. The molecular formula is C23H36ClP. The molecule has 0 amide bonds. The van der Waals surface area contributed by atoms with Gasteiger partial charge in [0.05, 0.1) is 5.30 Å². The predicted octanol–water partition coefficient (Wildman–Crippen LogP) is 7.82. The Balaban J connectivity index is 2.14. The van der Waals surface area contributed by atoms with E-state index in [1.165, 1.54) is 62.5 Å². The minimum Gasteiger partial charge on any atom is -0.304 e. The lowest BCUT2D eigenvalue weighted by Gasteiger charge is -2.44. The first-order valence-corrected chi connectivity index (χ1v) is 12.9. The SMILES string of the molecule is CC(C)c1cc(C(C)C)cc([P+]([CH-]Cl)(C2CCCC2)C2CCCC2)c1. The van der Waals surface area contributed by atoms with Gasteiger partial charge < -0.3 is 11.6 Å². The molecule has 0 aromatic heterocycles. The maximum Gasteiger partial charge on any atom is 0.0670 e. The Labute approximate surface area is 161 Å². The van der Waals surface area contributed by atoms with Gasteiger partial charge in [-0.15, -0.1) is 0 Å². The van der Waals surface area contributed by atoms with Gasteiger partial charge in [-0.05, 0) is 86.5 Å².